The smallest absolute Gasteiger partial charge is 0.292 e. The molecule has 0 saturated carbocycles. The summed E-state index contributed by atoms with van der Waals surface area (Å²) < 4.78 is 8.74. The maximum Gasteiger partial charge on any atom is 0.292 e. The normalized spacial score (nSPS) is 11.2. The van der Waals surface area contributed by atoms with Crippen LogP contribution in [0, 0.1) is 19.3 Å². The summed E-state index contributed by atoms with van der Waals surface area (Å²) >= 11 is 0. The van der Waals surface area contributed by atoms with Crippen LogP contribution in [0.1, 0.15) is 18.5 Å². The van der Waals surface area contributed by atoms with Gasteiger partial charge in [-0.2, -0.15) is 5.10 Å². The van der Waals surface area contributed by atoms with E-state index in [9.17, 15) is 4.79 Å². The van der Waals surface area contributed by atoms with Crippen molar-refractivity contribution in [2.45, 2.75) is 26.8 Å². The second-order valence-corrected chi connectivity index (χ2v) is 4.41. The SMILES string of the molecule is C#CCn1nc(CC)n2c(cc3oc(C)cc32)c1=O. The summed E-state index contributed by atoms with van der Waals surface area (Å²) in [6.45, 7) is 4.05. The Morgan fingerprint density at radius 1 is 1.42 bits per heavy atom. The Morgan fingerprint density at radius 2 is 2.21 bits per heavy atom. The zero-order valence-electron chi connectivity index (χ0n) is 10.8. The first-order valence-electron chi connectivity index (χ1n) is 6.10. The van der Waals surface area contributed by atoms with Crippen molar-refractivity contribution in [1.29, 1.82) is 0 Å². The van der Waals surface area contributed by atoms with Gasteiger partial charge < -0.3 is 4.42 Å². The zero-order chi connectivity index (χ0) is 13.6. The lowest BCUT2D eigenvalue weighted by Crippen LogP contribution is -2.26. The molecule has 0 amide bonds. The van der Waals surface area contributed by atoms with Crippen LogP contribution < -0.4 is 5.56 Å². The van der Waals surface area contributed by atoms with Gasteiger partial charge in [-0.3, -0.25) is 9.20 Å². The molecule has 0 radical (unpaired) electrons. The first-order valence-corrected chi connectivity index (χ1v) is 6.10. The van der Waals surface area contributed by atoms with E-state index < -0.39 is 0 Å². The molecule has 5 heteroatoms. The van der Waals surface area contributed by atoms with E-state index in [4.69, 9.17) is 10.8 Å². The van der Waals surface area contributed by atoms with Gasteiger partial charge in [0.1, 0.15) is 23.6 Å². The van der Waals surface area contributed by atoms with Gasteiger partial charge in [-0.25, -0.2) is 4.68 Å². The first kappa shape index (κ1) is 11.6. The third kappa shape index (κ3) is 1.57. The second-order valence-electron chi connectivity index (χ2n) is 4.41. The fourth-order valence-corrected chi connectivity index (χ4v) is 2.34. The fraction of sp³-hybridized carbons (Fsp3) is 0.286. The van der Waals surface area contributed by atoms with Gasteiger partial charge in [-0.05, 0) is 6.92 Å². The lowest BCUT2D eigenvalue weighted by Gasteiger charge is -2.07. The van der Waals surface area contributed by atoms with Crippen molar-refractivity contribution in [2.24, 2.45) is 0 Å². The molecule has 3 heterocycles. The topological polar surface area (TPSA) is 52.4 Å². The summed E-state index contributed by atoms with van der Waals surface area (Å²) in [5.74, 6) is 4.05. The lowest BCUT2D eigenvalue weighted by molar-refractivity contribution is 0.579. The maximum atomic E-state index is 12.3. The van der Waals surface area contributed by atoms with Crippen LogP contribution in [-0.4, -0.2) is 14.2 Å². The summed E-state index contributed by atoms with van der Waals surface area (Å²) in [4.78, 5) is 12.3. The largest absolute Gasteiger partial charge is 0.460 e. The van der Waals surface area contributed by atoms with Crippen LogP contribution >= 0.6 is 0 Å². The molecular weight excluding hydrogens is 242 g/mol. The van der Waals surface area contributed by atoms with E-state index in [0.29, 0.717) is 17.5 Å². The molecule has 0 saturated heterocycles. The summed E-state index contributed by atoms with van der Waals surface area (Å²) in [6, 6.07) is 3.66. The van der Waals surface area contributed by atoms with E-state index >= 15 is 0 Å². The van der Waals surface area contributed by atoms with Gasteiger partial charge in [-0.1, -0.05) is 12.8 Å². The number of aryl methyl sites for hydroxylation is 2. The van der Waals surface area contributed by atoms with Gasteiger partial charge in [0.05, 0.1) is 5.52 Å². The molecule has 3 rings (SSSR count). The Hall–Kier alpha value is -2.48. The molecule has 96 valence electrons. The van der Waals surface area contributed by atoms with Crippen molar-refractivity contribution in [3.05, 3.63) is 34.1 Å². The molecule has 0 fully saturated rings. The predicted octanol–water partition coefficient (Wildman–Crippen LogP) is 1.75. The van der Waals surface area contributed by atoms with Crippen LogP contribution in [0.4, 0.5) is 0 Å². The fourth-order valence-electron chi connectivity index (χ4n) is 2.34. The van der Waals surface area contributed by atoms with Gasteiger partial charge in [-0.15, -0.1) is 6.42 Å². The summed E-state index contributed by atoms with van der Waals surface area (Å²) in [5, 5.41) is 4.32. The molecule has 0 bridgehead atoms. The minimum Gasteiger partial charge on any atom is -0.460 e. The summed E-state index contributed by atoms with van der Waals surface area (Å²) in [5.41, 5.74) is 1.93. The van der Waals surface area contributed by atoms with Crippen molar-refractivity contribution >= 4 is 16.6 Å². The van der Waals surface area contributed by atoms with Gasteiger partial charge in [0.25, 0.3) is 5.56 Å². The van der Waals surface area contributed by atoms with Crippen molar-refractivity contribution in [3.63, 3.8) is 0 Å². The number of rotatable bonds is 2. The average molecular weight is 255 g/mol. The third-order valence-corrected chi connectivity index (χ3v) is 3.12. The van der Waals surface area contributed by atoms with Crippen LogP contribution in [0.5, 0.6) is 0 Å². The number of aromatic nitrogens is 3. The van der Waals surface area contributed by atoms with Gasteiger partial charge in [0.15, 0.2) is 5.58 Å². The molecule has 0 unspecified atom stereocenters. The minimum absolute atomic E-state index is 0.175. The number of terminal acetylenes is 1. The molecule has 3 aromatic rings. The molecule has 0 N–H and O–H groups in total. The van der Waals surface area contributed by atoms with E-state index in [1.165, 1.54) is 4.68 Å². The second kappa shape index (κ2) is 4.02. The molecule has 19 heavy (non-hydrogen) atoms. The highest BCUT2D eigenvalue weighted by Gasteiger charge is 2.15. The lowest BCUT2D eigenvalue weighted by atomic mass is 10.4. The molecule has 0 aliphatic heterocycles. The predicted molar refractivity (Wildman–Crippen MR) is 72.2 cm³/mol. The Balaban J connectivity index is 2.49. The Labute approximate surface area is 109 Å². The van der Waals surface area contributed by atoms with Crippen molar-refractivity contribution < 1.29 is 4.42 Å². The third-order valence-electron chi connectivity index (χ3n) is 3.12. The van der Waals surface area contributed by atoms with Crippen molar-refractivity contribution in [2.75, 3.05) is 0 Å². The minimum atomic E-state index is -0.195. The number of hydrogen-bond acceptors (Lipinski definition) is 3. The highest BCUT2D eigenvalue weighted by molar-refractivity contribution is 5.83. The molecule has 3 aromatic heterocycles. The van der Waals surface area contributed by atoms with Crippen LogP contribution in [0.25, 0.3) is 16.6 Å². The van der Waals surface area contributed by atoms with Crippen molar-refractivity contribution in [1.82, 2.24) is 14.2 Å². The van der Waals surface area contributed by atoms with E-state index in [0.717, 1.165) is 17.1 Å². The van der Waals surface area contributed by atoms with Crippen molar-refractivity contribution in [3.8, 4) is 12.3 Å². The van der Waals surface area contributed by atoms with Crippen LogP contribution in [-0.2, 0) is 13.0 Å². The molecule has 5 nitrogen and oxygen atoms in total. The van der Waals surface area contributed by atoms with E-state index in [-0.39, 0.29) is 12.1 Å². The molecule has 0 atom stereocenters. The number of fused-ring (bicyclic) bond motifs is 3. The molecule has 0 aliphatic rings. The number of furan rings is 1. The number of nitrogens with zero attached hydrogens (tertiary/aromatic N) is 3. The van der Waals surface area contributed by atoms with E-state index in [1.807, 2.05) is 24.3 Å². The highest BCUT2D eigenvalue weighted by Crippen LogP contribution is 2.23. The van der Waals surface area contributed by atoms with Gasteiger partial charge in [0, 0.05) is 18.6 Å². The van der Waals surface area contributed by atoms with Gasteiger partial charge >= 0.3 is 0 Å². The molecule has 0 aromatic carbocycles. The first-order chi connectivity index (χ1) is 9.15. The standard InChI is InChI=1S/C14H13N3O2/c1-4-6-16-14(18)11-8-12-10(7-9(3)19-12)17(11)13(5-2)15-16/h1,7-8H,5-6H2,2-3H3. The Morgan fingerprint density at radius 3 is 2.89 bits per heavy atom. The average Bonchev–Trinajstić information content (AvgIpc) is 2.89. The monoisotopic (exact) mass is 255 g/mol. The van der Waals surface area contributed by atoms with Crippen LogP contribution in [0.2, 0.25) is 0 Å². The molecule has 0 aliphatic carbocycles. The van der Waals surface area contributed by atoms with E-state index in [2.05, 4.69) is 11.0 Å². The zero-order valence-corrected chi connectivity index (χ0v) is 10.8. The quantitative estimate of drug-likeness (QED) is 0.655. The number of hydrogen-bond donors (Lipinski definition) is 0. The highest BCUT2D eigenvalue weighted by atomic mass is 16.3. The molecular formula is C14H13N3O2. The van der Waals surface area contributed by atoms with Gasteiger partial charge in [0.2, 0.25) is 0 Å². The maximum absolute atomic E-state index is 12.3. The van der Waals surface area contributed by atoms with Crippen LogP contribution in [0.3, 0.4) is 0 Å². The van der Waals surface area contributed by atoms with Crippen LogP contribution in [0.15, 0.2) is 21.3 Å². The Kier molecular flexibility index (Phi) is 2.46. The summed E-state index contributed by atoms with van der Waals surface area (Å²) in [6.07, 6.45) is 5.97. The Bertz CT molecular complexity index is 874. The summed E-state index contributed by atoms with van der Waals surface area (Å²) in [7, 11) is 0. The van der Waals surface area contributed by atoms with E-state index in [1.54, 1.807) is 6.07 Å². The molecule has 0 spiro atoms.